The highest BCUT2D eigenvalue weighted by molar-refractivity contribution is 6.36. The van der Waals surface area contributed by atoms with Gasteiger partial charge in [-0.05, 0) is 37.0 Å². The topological polar surface area (TPSA) is 20.3 Å². The molecular formula is C17H23Cl2NO. The standard InChI is InChI=1S/C17H23Cl2NO/c1-12(2)10-20(14-5-3-4-6-14)11-17(21)15-9-13(18)7-8-16(15)19/h7-9,12,14H,3-6,10-11H2,1-2H3. The van der Waals surface area contributed by atoms with Crippen LogP contribution in [0, 0.1) is 5.92 Å². The Kier molecular flexibility index (Phi) is 6.09. The fourth-order valence-electron chi connectivity index (χ4n) is 3.06. The minimum atomic E-state index is 0.0649. The van der Waals surface area contributed by atoms with Crippen LogP contribution in [0.2, 0.25) is 10.0 Å². The second-order valence-electron chi connectivity index (χ2n) is 6.31. The fraction of sp³-hybridized carbons (Fsp3) is 0.588. The quantitative estimate of drug-likeness (QED) is 0.679. The van der Waals surface area contributed by atoms with Crippen molar-refractivity contribution in [2.75, 3.05) is 13.1 Å². The molecule has 4 heteroatoms. The first-order valence-electron chi connectivity index (χ1n) is 7.69. The molecule has 0 amide bonds. The predicted molar refractivity (Wildman–Crippen MR) is 89.5 cm³/mol. The summed E-state index contributed by atoms with van der Waals surface area (Å²) in [5.74, 6) is 0.614. The van der Waals surface area contributed by atoms with E-state index in [2.05, 4.69) is 18.7 Å². The van der Waals surface area contributed by atoms with Gasteiger partial charge in [-0.15, -0.1) is 0 Å². The van der Waals surface area contributed by atoms with Crippen molar-refractivity contribution >= 4 is 29.0 Å². The van der Waals surface area contributed by atoms with Crippen molar-refractivity contribution in [2.24, 2.45) is 5.92 Å². The number of rotatable bonds is 6. The Balaban J connectivity index is 2.11. The maximum Gasteiger partial charge on any atom is 0.178 e. The van der Waals surface area contributed by atoms with Crippen LogP contribution >= 0.6 is 23.2 Å². The molecule has 0 aromatic heterocycles. The molecule has 21 heavy (non-hydrogen) atoms. The third kappa shape index (κ3) is 4.70. The molecule has 116 valence electrons. The van der Waals surface area contributed by atoms with E-state index < -0.39 is 0 Å². The lowest BCUT2D eigenvalue weighted by Gasteiger charge is -2.29. The number of halogens is 2. The number of nitrogens with zero attached hydrogens (tertiary/aromatic N) is 1. The summed E-state index contributed by atoms with van der Waals surface area (Å²) >= 11 is 12.1. The molecule has 1 saturated carbocycles. The highest BCUT2D eigenvalue weighted by atomic mass is 35.5. The van der Waals surface area contributed by atoms with Gasteiger partial charge in [0.15, 0.2) is 5.78 Å². The zero-order chi connectivity index (χ0) is 15.4. The number of ketones is 1. The van der Waals surface area contributed by atoms with E-state index in [9.17, 15) is 4.79 Å². The van der Waals surface area contributed by atoms with Gasteiger partial charge in [-0.3, -0.25) is 9.69 Å². The van der Waals surface area contributed by atoms with E-state index in [1.807, 2.05) is 0 Å². The van der Waals surface area contributed by atoms with Gasteiger partial charge in [0.2, 0.25) is 0 Å². The summed E-state index contributed by atoms with van der Waals surface area (Å²) in [4.78, 5) is 14.9. The van der Waals surface area contributed by atoms with Crippen molar-refractivity contribution in [3.8, 4) is 0 Å². The highest BCUT2D eigenvalue weighted by Crippen LogP contribution is 2.26. The normalized spacial score (nSPS) is 16.1. The molecule has 1 aromatic rings. The summed E-state index contributed by atoms with van der Waals surface area (Å²) in [6.45, 7) is 5.77. The van der Waals surface area contributed by atoms with E-state index in [1.165, 1.54) is 25.7 Å². The van der Waals surface area contributed by atoms with Gasteiger partial charge < -0.3 is 0 Å². The Labute approximate surface area is 137 Å². The lowest BCUT2D eigenvalue weighted by atomic mass is 10.1. The Morgan fingerprint density at radius 1 is 1.29 bits per heavy atom. The Morgan fingerprint density at radius 2 is 1.95 bits per heavy atom. The molecule has 0 bridgehead atoms. The predicted octanol–water partition coefficient (Wildman–Crippen LogP) is 5.08. The van der Waals surface area contributed by atoms with E-state index in [0.717, 1.165) is 6.54 Å². The Hall–Kier alpha value is -0.570. The van der Waals surface area contributed by atoms with Crippen LogP contribution in [-0.2, 0) is 0 Å². The van der Waals surface area contributed by atoms with E-state index in [0.29, 0.717) is 34.1 Å². The molecule has 0 unspecified atom stereocenters. The van der Waals surface area contributed by atoms with Crippen LogP contribution in [0.15, 0.2) is 18.2 Å². The van der Waals surface area contributed by atoms with Crippen molar-refractivity contribution in [1.29, 1.82) is 0 Å². The molecule has 0 radical (unpaired) electrons. The molecule has 2 nitrogen and oxygen atoms in total. The van der Waals surface area contributed by atoms with Crippen LogP contribution in [0.5, 0.6) is 0 Å². The number of Topliss-reactive ketones (excluding diaryl/α,β-unsaturated/α-hetero) is 1. The largest absolute Gasteiger partial charge is 0.293 e. The summed E-state index contributed by atoms with van der Waals surface area (Å²) < 4.78 is 0. The summed E-state index contributed by atoms with van der Waals surface area (Å²) in [6.07, 6.45) is 4.93. The fourth-order valence-corrected chi connectivity index (χ4v) is 3.46. The number of hydrogen-bond acceptors (Lipinski definition) is 2. The molecular weight excluding hydrogens is 305 g/mol. The van der Waals surface area contributed by atoms with Gasteiger partial charge in [-0.25, -0.2) is 0 Å². The van der Waals surface area contributed by atoms with Crippen LogP contribution in [-0.4, -0.2) is 29.8 Å². The minimum Gasteiger partial charge on any atom is -0.293 e. The molecule has 0 heterocycles. The average Bonchev–Trinajstić information content (AvgIpc) is 2.94. The smallest absolute Gasteiger partial charge is 0.178 e. The van der Waals surface area contributed by atoms with Gasteiger partial charge in [0.05, 0.1) is 11.6 Å². The third-order valence-corrected chi connectivity index (χ3v) is 4.58. The van der Waals surface area contributed by atoms with Crippen molar-refractivity contribution < 1.29 is 4.79 Å². The first-order chi connectivity index (χ1) is 9.97. The molecule has 0 N–H and O–H groups in total. The van der Waals surface area contributed by atoms with E-state index in [1.54, 1.807) is 18.2 Å². The number of benzene rings is 1. The number of carbonyl (C=O) groups excluding carboxylic acids is 1. The lowest BCUT2D eigenvalue weighted by Crippen LogP contribution is -2.40. The first-order valence-corrected chi connectivity index (χ1v) is 8.45. The third-order valence-electron chi connectivity index (χ3n) is 4.02. The second-order valence-corrected chi connectivity index (χ2v) is 7.15. The van der Waals surface area contributed by atoms with Crippen molar-refractivity contribution in [2.45, 2.75) is 45.6 Å². The average molecular weight is 328 g/mol. The van der Waals surface area contributed by atoms with E-state index in [-0.39, 0.29) is 5.78 Å². The molecule has 0 spiro atoms. The monoisotopic (exact) mass is 327 g/mol. The molecule has 1 aliphatic carbocycles. The second kappa shape index (κ2) is 7.62. The van der Waals surface area contributed by atoms with Gasteiger partial charge in [0, 0.05) is 23.2 Å². The number of carbonyl (C=O) groups is 1. The molecule has 1 aliphatic rings. The van der Waals surface area contributed by atoms with Crippen LogP contribution in [0.1, 0.15) is 49.9 Å². The van der Waals surface area contributed by atoms with Crippen molar-refractivity contribution in [3.05, 3.63) is 33.8 Å². The lowest BCUT2D eigenvalue weighted by molar-refractivity contribution is 0.0876. The highest BCUT2D eigenvalue weighted by Gasteiger charge is 2.25. The van der Waals surface area contributed by atoms with Crippen molar-refractivity contribution in [3.63, 3.8) is 0 Å². The summed E-state index contributed by atoms with van der Waals surface area (Å²) in [6, 6.07) is 5.62. The zero-order valence-electron chi connectivity index (χ0n) is 12.7. The molecule has 0 aliphatic heterocycles. The van der Waals surface area contributed by atoms with Gasteiger partial charge >= 0.3 is 0 Å². The molecule has 0 atom stereocenters. The van der Waals surface area contributed by atoms with Crippen LogP contribution in [0.3, 0.4) is 0 Å². The SMILES string of the molecule is CC(C)CN(CC(=O)c1cc(Cl)ccc1Cl)C1CCCC1. The first kappa shape index (κ1) is 16.8. The Morgan fingerprint density at radius 3 is 2.57 bits per heavy atom. The molecule has 1 fully saturated rings. The number of hydrogen-bond donors (Lipinski definition) is 0. The minimum absolute atomic E-state index is 0.0649. The zero-order valence-corrected chi connectivity index (χ0v) is 14.3. The van der Waals surface area contributed by atoms with E-state index >= 15 is 0 Å². The summed E-state index contributed by atoms with van der Waals surface area (Å²) in [5, 5.41) is 1.04. The van der Waals surface area contributed by atoms with Gasteiger partial charge in [-0.1, -0.05) is 49.9 Å². The van der Waals surface area contributed by atoms with Crippen LogP contribution in [0.4, 0.5) is 0 Å². The Bertz CT molecular complexity index is 496. The summed E-state index contributed by atoms with van der Waals surface area (Å²) in [7, 11) is 0. The van der Waals surface area contributed by atoms with Gasteiger partial charge in [0.1, 0.15) is 0 Å². The van der Waals surface area contributed by atoms with Crippen molar-refractivity contribution in [1.82, 2.24) is 4.90 Å². The van der Waals surface area contributed by atoms with E-state index in [4.69, 9.17) is 23.2 Å². The molecule has 0 saturated heterocycles. The molecule has 2 rings (SSSR count). The van der Waals surface area contributed by atoms with Gasteiger partial charge in [-0.2, -0.15) is 0 Å². The van der Waals surface area contributed by atoms with Crippen LogP contribution in [0.25, 0.3) is 0 Å². The maximum absolute atomic E-state index is 12.6. The van der Waals surface area contributed by atoms with Crippen LogP contribution < -0.4 is 0 Å². The molecule has 1 aromatic carbocycles. The van der Waals surface area contributed by atoms with Gasteiger partial charge in [0.25, 0.3) is 0 Å². The maximum atomic E-state index is 12.6. The summed E-state index contributed by atoms with van der Waals surface area (Å²) in [5.41, 5.74) is 0.538.